The molecule has 2 aliphatic rings. The average Bonchev–Trinajstić information content (AvgIpc) is 3.08. The van der Waals surface area contributed by atoms with Gasteiger partial charge < -0.3 is 9.15 Å². The summed E-state index contributed by atoms with van der Waals surface area (Å²) in [5.41, 5.74) is 0.502. The summed E-state index contributed by atoms with van der Waals surface area (Å²) in [5, 5.41) is 4.18. The van der Waals surface area contributed by atoms with E-state index >= 15 is 0 Å². The van der Waals surface area contributed by atoms with Crippen molar-refractivity contribution >= 4 is 10.2 Å². The standard InChI is InChI=1S/C19H26FN5O5S/c1-14-11-24(12-15(2)29-14)31(27,28)23-9-7-22(8-10-23)13-25-19(26)30-18(21-25)16-3-5-17(20)6-4-16/h3-6,14-15H,7-13H2,1-2H3. The Morgan fingerprint density at radius 2 is 1.65 bits per heavy atom. The molecule has 2 aromatic rings. The van der Waals surface area contributed by atoms with Crippen LogP contribution in [0, 0.1) is 5.82 Å². The molecule has 0 radical (unpaired) electrons. The smallest absolute Gasteiger partial charge is 0.388 e. The van der Waals surface area contributed by atoms with Gasteiger partial charge >= 0.3 is 5.76 Å². The van der Waals surface area contributed by atoms with Crippen molar-refractivity contribution in [2.24, 2.45) is 0 Å². The molecule has 0 bridgehead atoms. The highest BCUT2D eigenvalue weighted by Crippen LogP contribution is 2.19. The van der Waals surface area contributed by atoms with Crippen LogP contribution in [0.2, 0.25) is 0 Å². The zero-order valence-corrected chi connectivity index (χ0v) is 18.3. The minimum Gasteiger partial charge on any atom is -0.388 e. The first-order chi connectivity index (χ1) is 14.7. The van der Waals surface area contributed by atoms with E-state index in [0.717, 1.165) is 0 Å². The maximum atomic E-state index is 13.1. The van der Waals surface area contributed by atoms with Crippen molar-refractivity contribution < 1.29 is 22.0 Å². The molecule has 1 aromatic heterocycles. The van der Waals surface area contributed by atoms with Crippen LogP contribution in [-0.2, 0) is 21.6 Å². The van der Waals surface area contributed by atoms with Crippen LogP contribution in [0.15, 0.2) is 33.5 Å². The predicted octanol–water partition coefficient (Wildman–Crippen LogP) is 0.572. The second kappa shape index (κ2) is 8.79. The zero-order chi connectivity index (χ0) is 22.2. The first-order valence-electron chi connectivity index (χ1n) is 10.2. The molecule has 3 heterocycles. The highest BCUT2D eigenvalue weighted by molar-refractivity contribution is 7.86. The van der Waals surface area contributed by atoms with E-state index in [9.17, 15) is 17.6 Å². The van der Waals surface area contributed by atoms with E-state index in [1.807, 2.05) is 18.7 Å². The number of piperazine rings is 1. The third-order valence-electron chi connectivity index (χ3n) is 5.40. The highest BCUT2D eigenvalue weighted by Gasteiger charge is 2.36. The van der Waals surface area contributed by atoms with Crippen molar-refractivity contribution in [3.05, 3.63) is 40.6 Å². The molecule has 2 fully saturated rings. The molecule has 2 atom stereocenters. The molecule has 170 valence electrons. The molecular formula is C19H26FN5O5S. The second-order valence-corrected chi connectivity index (χ2v) is 9.85. The van der Waals surface area contributed by atoms with Crippen LogP contribution < -0.4 is 5.76 Å². The molecule has 2 unspecified atom stereocenters. The number of halogens is 1. The number of benzene rings is 1. The van der Waals surface area contributed by atoms with E-state index in [2.05, 4.69) is 5.10 Å². The van der Waals surface area contributed by atoms with Crippen LogP contribution in [-0.4, -0.2) is 83.2 Å². The van der Waals surface area contributed by atoms with E-state index in [-0.39, 0.29) is 30.6 Å². The van der Waals surface area contributed by atoms with Gasteiger partial charge in [0.15, 0.2) is 0 Å². The summed E-state index contributed by atoms with van der Waals surface area (Å²) < 4.78 is 54.1. The van der Waals surface area contributed by atoms with Gasteiger partial charge in [0, 0.05) is 44.8 Å². The molecule has 31 heavy (non-hydrogen) atoms. The summed E-state index contributed by atoms with van der Waals surface area (Å²) in [7, 11) is -3.56. The van der Waals surface area contributed by atoms with Crippen molar-refractivity contribution in [2.45, 2.75) is 32.7 Å². The quantitative estimate of drug-likeness (QED) is 0.650. The Labute approximate surface area is 180 Å². The van der Waals surface area contributed by atoms with Gasteiger partial charge in [-0.15, -0.1) is 5.10 Å². The van der Waals surface area contributed by atoms with E-state index in [4.69, 9.17) is 9.15 Å². The third kappa shape index (κ3) is 4.88. The Balaban J connectivity index is 1.37. The van der Waals surface area contributed by atoms with Crippen LogP contribution in [0.4, 0.5) is 4.39 Å². The molecule has 2 aliphatic heterocycles. The van der Waals surface area contributed by atoms with Crippen LogP contribution in [0.1, 0.15) is 13.8 Å². The Bertz CT molecular complexity index is 1050. The summed E-state index contributed by atoms with van der Waals surface area (Å²) in [5.74, 6) is -0.896. The number of rotatable bonds is 5. The SMILES string of the molecule is CC1CN(S(=O)(=O)N2CCN(Cn3nc(-c4ccc(F)cc4)oc3=O)CC2)CC(C)O1. The van der Waals surface area contributed by atoms with Gasteiger partial charge in [0.05, 0.1) is 12.2 Å². The largest absolute Gasteiger partial charge is 0.438 e. The zero-order valence-electron chi connectivity index (χ0n) is 17.5. The fourth-order valence-corrected chi connectivity index (χ4v) is 5.63. The van der Waals surface area contributed by atoms with Gasteiger partial charge in [0.2, 0.25) is 5.89 Å². The number of ether oxygens (including phenoxy) is 1. The first-order valence-corrected chi connectivity index (χ1v) is 11.6. The lowest BCUT2D eigenvalue weighted by atomic mass is 10.2. The number of nitrogens with zero attached hydrogens (tertiary/aromatic N) is 5. The van der Waals surface area contributed by atoms with Gasteiger partial charge in [0.1, 0.15) is 12.5 Å². The average molecular weight is 456 g/mol. The molecule has 0 N–H and O–H groups in total. The van der Waals surface area contributed by atoms with E-state index in [1.54, 1.807) is 0 Å². The van der Waals surface area contributed by atoms with Crippen molar-refractivity contribution in [3.8, 4) is 11.5 Å². The Morgan fingerprint density at radius 1 is 1.03 bits per heavy atom. The van der Waals surface area contributed by atoms with Gasteiger partial charge in [-0.3, -0.25) is 4.90 Å². The molecule has 0 spiro atoms. The fraction of sp³-hybridized carbons (Fsp3) is 0.579. The lowest BCUT2D eigenvalue weighted by Crippen LogP contribution is -2.57. The van der Waals surface area contributed by atoms with Gasteiger partial charge in [-0.05, 0) is 38.1 Å². The van der Waals surface area contributed by atoms with Crippen molar-refractivity contribution in [3.63, 3.8) is 0 Å². The summed E-state index contributed by atoms with van der Waals surface area (Å²) in [4.78, 5) is 14.1. The number of hydrogen-bond acceptors (Lipinski definition) is 7. The first kappa shape index (κ1) is 22.1. The lowest BCUT2D eigenvalue weighted by molar-refractivity contribution is -0.0458. The Hall–Kier alpha value is -2.12. The molecule has 12 heteroatoms. The van der Waals surface area contributed by atoms with Crippen molar-refractivity contribution in [1.82, 2.24) is 23.3 Å². The van der Waals surface area contributed by atoms with Crippen molar-refractivity contribution in [2.75, 3.05) is 39.3 Å². The molecular weight excluding hydrogens is 429 g/mol. The second-order valence-electron chi connectivity index (χ2n) is 7.92. The molecule has 0 amide bonds. The predicted molar refractivity (Wildman–Crippen MR) is 110 cm³/mol. The van der Waals surface area contributed by atoms with Gasteiger partial charge in [-0.25, -0.2) is 9.18 Å². The third-order valence-corrected chi connectivity index (χ3v) is 7.37. The lowest BCUT2D eigenvalue weighted by Gasteiger charge is -2.40. The van der Waals surface area contributed by atoms with Gasteiger partial charge in [-0.1, -0.05) is 0 Å². The van der Waals surface area contributed by atoms with Crippen LogP contribution in [0.25, 0.3) is 11.5 Å². The molecule has 2 saturated heterocycles. The van der Waals surface area contributed by atoms with E-state index in [0.29, 0.717) is 44.8 Å². The van der Waals surface area contributed by atoms with Crippen LogP contribution in [0.3, 0.4) is 0 Å². The summed E-state index contributed by atoms with van der Waals surface area (Å²) in [6.45, 7) is 6.15. The minimum absolute atomic E-state index is 0.113. The highest BCUT2D eigenvalue weighted by atomic mass is 32.2. The van der Waals surface area contributed by atoms with Crippen LogP contribution in [0.5, 0.6) is 0 Å². The monoisotopic (exact) mass is 455 g/mol. The molecule has 10 nitrogen and oxygen atoms in total. The van der Waals surface area contributed by atoms with Crippen LogP contribution >= 0.6 is 0 Å². The Morgan fingerprint density at radius 3 is 2.26 bits per heavy atom. The maximum absolute atomic E-state index is 13.1. The molecule has 0 saturated carbocycles. The number of hydrogen-bond donors (Lipinski definition) is 0. The number of morpholine rings is 1. The van der Waals surface area contributed by atoms with E-state index in [1.165, 1.54) is 37.6 Å². The molecule has 4 rings (SSSR count). The fourth-order valence-electron chi connectivity index (χ4n) is 3.88. The summed E-state index contributed by atoms with van der Waals surface area (Å²) in [6.07, 6.45) is -0.289. The maximum Gasteiger partial charge on any atom is 0.438 e. The molecule has 1 aromatic carbocycles. The number of aromatic nitrogens is 2. The minimum atomic E-state index is -3.56. The Kier molecular flexibility index (Phi) is 6.26. The molecule has 0 aliphatic carbocycles. The van der Waals surface area contributed by atoms with Crippen molar-refractivity contribution in [1.29, 1.82) is 0 Å². The topological polar surface area (TPSA) is 101 Å². The van der Waals surface area contributed by atoms with Gasteiger partial charge in [0.25, 0.3) is 10.2 Å². The summed E-state index contributed by atoms with van der Waals surface area (Å²) in [6, 6.07) is 5.51. The normalized spacial score (nSPS) is 24.5. The summed E-state index contributed by atoms with van der Waals surface area (Å²) >= 11 is 0. The van der Waals surface area contributed by atoms with E-state index < -0.39 is 16.0 Å². The van der Waals surface area contributed by atoms with Gasteiger partial charge in [-0.2, -0.15) is 21.7 Å².